The minimum atomic E-state index is -4.44. The minimum Gasteiger partial charge on any atom is -0.330 e. The summed E-state index contributed by atoms with van der Waals surface area (Å²) in [6, 6.07) is 7.19. The molecule has 1 aromatic carbocycles. The molecule has 0 spiro atoms. The lowest BCUT2D eigenvalue weighted by Gasteiger charge is -2.12. The highest BCUT2D eigenvalue weighted by molar-refractivity contribution is 8.01. The van der Waals surface area contributed by atoms with Gasteiger partial charge in [-0.25, -0.2) is 0 Å². The Labute approximate surface area is 127 Å². The van der Waals surface area contributed by atoms with Gasteiger partial charge in [-0.1, -0.05) is 35.2 Å². The Hall–Kier alpha value is -1.79. The zero-order chi connectivity index (χ0) is 15.5. The van der Waals surface area contributed by atoms with Crippen LogP contribution in [0.4, 0.5) is 24.0 Å². The third-order valence-corrected chi connectivity index (χ3v) is 4.25. The Bertz CT molecular complexity index is 663. The molecule has 0 aliphatic carbocycles. The highest BCUT2D eigenvalue weighted by atomic mass is 32.2. The van der Waals surface area contributed by atoms with E-state index in [2.05, 4.69) is 15.5 Å². The van der Waals surface area contributed by atoms with Gasteiger partial charge in [-0.05, 0) is 19.1 Å². The summed E-state index contributed by atoms with van der Waals surface area (Å²) < 4.78 is 39.1. The summed E-state index contributed by atoms with van der Waals surface area (Å²) in [5, 5.41) is 18.9. The van der Waals surface area contributed by atoms with Gasteiger partial charge in [-0.2, -0.15) is 18.4 Å². The van der Waals surface area contributed by atoms with Crippen LogP contribution in [0.3, 0.4) is 0 Å². The molecular formula is C12H9F3N4S2. The SMILES string of the molecule is C[C@@H](C#N)Sc1nnc(Nc2ccccc2C(F)(F)F)s1. The van der Waals surface area contributed by atoms with E-state index >= 15 is 0 Å². The molecule has 0 fully saturated rings. The summed E-state index contributed by atoms with van der Waals surface area (Å²) in [7, 11) is 0. The van der Waals surface area contributed by atoms with E-state index in [9.17, 15) is 13.2 Å². The van der Waals surface area contributed by atoms with E-state index in [4.69, 9.17) is 5.26 Å². The van der Waals surface area contributed by atoms with Crippen molar-refractivity contribution in [2.45, 2.75) is 22.7 Å². The number of alkyl halides is 3. The van der Waals surface area contributed by atoms with E-state index in [1.54, 1.807) is 6.92 Å². The summed E-state index contributed by atoms with van der Waals surface area (Å²) in [6.07, 6.45) is -4.44. The molecule has 0 saturated heterocycles. The monoisotopic (exact) mass is 330 g/mol. The van der Waals surface area contributed by atoms with E-state index in [1.165, 1.54) is 30.0 Å². The van der Waals surface area contributed by atoms with Crippen molar-refractivity contribution >= 4 is 33.9 Å². The number of halogens is 3. The number of aromatic nitrogens is 2. The lowest BCUT2D eigenvalue weighted by atomic mass is 10.2. The van der Waals surface area contributed by atoms with E-state index in [0.29, 0.717) is 4.34 Å². The maximum Gasteiger partial charge on any atom is 0.418 e. The fourth-order valence-electron chi connectivity index (χ4n) is 1.44. The summed E-state index contributed by atoms with van der Waals surface area (Å²) in [4.78, 5) is 0. The highest BCUT2D eigenvalue weighted by Gasteiger charge is 2.33. The van der Waals surface area contributed by atoms with Gasteiger partial charge in [-0.15, -0.1) is 10.2 Å². The zero-order valence-electron chi connectivity index (χ0n) is 10.7. The number of rotatable bonds is 4. The fraction of sp³-hybridized carbons (Fsp3) is 0.250. The average molecular weight is 330 g/mol. The van der Waals surface area contributed by atoms with Gasteiger partial charge in [0.05, 0.1) is 22.6 Å². The Balaban J connectivity index is 2.18. The van der Waals surface area contributed by atoms with Crippen molar-refractivity contribution < 1.29 is 13.2 Å². The summed E-state index contributed by atoms with van der Waals surface area (Å²) in [5.74, 6) is 0. The van der Waals surface area contributed by atoms with Gasteiger partial charge in [0.1, 0.15) is 0 Å². The molecule has 1 heterocycles. The third-order valence-electron chi connectivity index (χ3n) is 2.34. The number of nitriles is 1. The predicted octanol–water partition coefficient (Wildman–Crippen LogP) is 4.30. The molecular weight excluding hydrogens is 321 g/mol. The second kappa shape index (κ2) is 6.32. The summed E-state index contributed by atoms with van der Waals surface area (Å²) in [6.45, 7) is 1.71. The molecule has 110 valence electrons. The van der Waals surface area contributed by atoms with Crippen LogP contribution in [0.5, 0.6) is 0 Å². The third kappa shape index (κ3) is 4.09. The Kier molecular flexibility index (Phi) is 4.69. The van der Waals surface area contributed by atoms with Crippen LogP contribution in [0, 0.1) is 11.3 Å². The van der Waals surface area contributed by atoms with Crippen molar-refractivity contribution in [3.8, 4) is 6.07 Å². The van der Waals surface area contributed by atoms with E-state index in [-0.39, 0.29) is 16.1 Å². The van der Waals surface area contributed by atoms with Crippen molar-refractivity contribution in [3.63, 3.8) is 0 Å². The molecule has 21 heavy (non-hydrogen) atoms. The van der Waals surface area contributed by atoms with Crippen LogP contribution in [0.2, 0.25) is 0 Å². The van der Waals surface area contributed by atoms with E-state index in [0.717, 1.165) is 17.4 Å². The predicted molar refractivity (Wildman–Crippen MR) is 75.6 cm³/mol. The molecule has 0 radical (unpaired) electrons. The average Bonchev–Trinajstić information content (AvgIpc) is 2.85. The van der Waals surface area contributed by atoms with Gasteiger partial charge in [0, 0.05) is 0 Å². The van der Waals surface area contributed by atoms with Gasteiger partial charge in [-0.3, -0.25) is 0 Å². The summed E-state index contributed by atoms with van der Waals surface area (Å²) >= 11 is 2.31. The number of hydrogen-bond acceptors (Lipinski definition) is 6. The van der Waals surface area contributed by atoms with Gasteiger partial charge >= 0.3 is 6.18 Å². The van der Waals surface area contributed by atoms with Crippen LogP contribution >= 0.6 is 23.1 Å². The van der Waals surface area contributed by atoms with Crippen LogP contribution in [-0.2, 0) is 6.18 Å². The molecule has 0 aliphatic heterocycles. The van der Waals surface area contributed by atoms with E-state index < -0.39 is 11.7 Å². The Morgan fingerprint density at radius 3 is 2.71 bits per heavy atom. The van der Waals surface area contributed by atoms with Crippen molar-refractivity contribution in [1.82, 2.24) is 10.2 Å². The molecule has 4 nitrogen and oxygen atoms in total. The van der Waals surface area contributed by atoms with Gasteiger partial charge < -0.3 is 5.32 Å². The molecule has 0 aliphatic rings. The smallest absolute Gasteiger partial charge is 0.330 e. The first-order chi connectivity index (χ1) is 9.90. The number of benzene rings is 1. The van der Waals surface area contributed by atoms with Gasteiger partial charge in [0.25, 0.3) is 0 Å². The maximum absolute atomic E-state index is 12.9. The molecule has 9 heteroatoms. The quantitative estimate of drug-likeness (QED) is 0.847. The van der Waals surface area contributed by atoms with E-state index in [1.807, 2.05) is 6.07 Å². The number of nitrogens with one attached hydrogen (secondary N) is 1. The largest absolute Gasteiger partial charge is 0.418 e. The topological polar surface area (TPSA) is 61.6 Å². The number of anilines is 2. The van der Waals surface area contributed by atoms with Crippen molar-refractivity contribution in [2.24, 2.45) is 0 Å². The van der Waals surface area contributed by atoms with Crippen LogP contribution in [0.15, 0.2) is 28.6 Å². The first-order valence-corrected chi connectivity index (χ1v) is 7.43. The first kappa shape index (κ1) is 15.6. The summed E-state index contributed by atoms with van der Waals surface area (Å²) in [5.41, 5.74) is -0.842. The minimum absolute atomic E-state index is 0.0777. The standard InChI is InChI=1S/C12H9F3N4S2/c1-7(6-16)20-11-19-18-10(21-11)17-9-5-3-2-4-8(9)12(13,14)15/h2-5,7H,1H3,(H,17,18)/t7-/m0/s1. The number of hydrogen-bond donors (Lipinski definition) is 1. The second-order valence-corrected chi connectivity index (χ2v) is 6.50. The van der Waals surface area contributed by atoms with Crippen LogP contribution < -0.4 is 5.32 Å². The molecule has 0 saturated carbocycles. The normalized spacial score (nSPS) is 12.7. The van der Waals surface area contributed by atoms with Crippen LogP contribution in [0.1, 0.15) is 12.5 Å². The van der Waals surface area contributed by atoms with Crippen molar-refractivity contribution in [2.75, 3.05) is 5.32 Å². The molecule has 1 atom stereocenters. The Morgan fingerprint density at radius 1 is 1.33 bits per heavy atom. The number of thioether (sulfide) groups is 1. The Morgan fingerprint density at radius 2 is 2.05 bits per heavy atom. The molecule has 2 rings (SSSR count). The van der Waals surface area contributed by atoms with Crippen LogP contribution in [-0.4, -0.2) is 15.4 Å². The fourth-order valence-corrected chi connectivity index (χ4v) is 3.24. The molecule has 1 aromatic heterocycles. The highest BCUT2D eigenvalue weighted by Crippen LogP contribution is 2.37. The van der Waals surface area contributed by atoms with Crippen molar-refractivity contribution in [1.29, 1.82) is 5.26 Å². The molecule has 2 aromatic rings. The molecule has 0 unspecified atom stereocenters. The van der Waals surface area contributed by atoms with Gasteiger partial charge in [0.2, 0.25) is 5.13 Å². The van der Waals surface area contributed by atoms with Crippen LogP contribution in [0.25, 0.3) is 0 Å². The number of nitrogens with zero attached hydrogens (tertiary/aromatic N) is 3. The zero-order valence-corrected chi connectivity index (χ0v) is 12.3. The van der Waals surface area contributed by atoms with Gasteiger partial charge in [0.15, 0.2) is 4.34 Å². The lowest BCUT2D eigenvalue weighted by Crippen LogP contribution is -2.08. The molecule has 1 N–H and O–H groups in total. The second-order valence-electron chi connectivity index (χ2n) is 3.93. The molecule has 0 amide bonds. The molecule has 0 bridgehead atoms. The lowest BCUT2D eigenvalue weighted by molar-refractivity contribution is -0.136. The maximum atomic E-state index is 12.9. The van der Waals surface area contributed by atoms with Crippen molar-refractivity contribution in [3.05, 3.63) is 29.8 Å². The first-order valence-electron chi connectivity index (χ1n) is 5.73. The number of para-hydroxylation sites is 1.